The number of fused-ring (bicyclic) bond motifs is 1. The lowest BCUT2D eigenvalue weighted by Crippen LogP contribution is -2.52. The van der Waals surface area contributed by atoms with Gasteiger partial charge in [0.15, 0.2) is 0 Å². The molecule has 1 aromatic heterocycles. The maximum Gasteiger partial charge on any atom is 0.295 e. The maximum atomic E-state index is 12.9. The Morgan fingerprint density at radius 2 is 1.63 bits per heavy atom. The fourth-order valence-corrected chi connectivity index (χ4v) is 3.88. The molecule has 7 nitrogen and oxygen atoms in total. The molecule has 30 heavy (non-hydrogen) atoms. The van der Waals surface area contributed by atoms with Crippen LogP contribution in [0.5, 0.6) is 5.75 Å². The third-order valence-corrected chi connectivity index (χ3v) is 5.60. The third kappa shape index (κ3) is 3.52. The van der Waals surface area contributed by atoms with E-state index in [0.717, 1.165) is 0 Å². The van der Waals surface area contributed by atoms with Crippen LogP contribution < -0.4 is 4.74 Å². The SMILES string of the molecule is COc1ccc(Cl)c2[nH]cc(C(=O)C(=O)N3CCN(C(=O)c4ccccc4)CC3)c12. The number of nitrogens with zero attached hydrogens (tertiary/aromatic N) is 2. The third-order valence-electron chi connectivity index (χ3n) is 5.28. The number of Topliss-reactive ketones (excluding diaryl/α,β-unsaturated/α-hetero) is 1. The minimum absolute atomic E-state index is 0.0787. The average Bonchev–Trinajstić information content (AvgIpc) is 3.25. The predicted octanol–water partition coefficient (Wildman–Crippen LogP) is 3.00. The average molecular weight is 426 g/mol. The van der Waals surface area contributed by atoms with E-state index in [0.29, 0.717) is 53.4 Å². The first kappa shape index (κ1) is 20.0. The molecule has 1 saturated heterocycles. The molecule has 2 aromatic carbocycles. The van der Waals surface area contributed by atoms with E-state index in [9.17, 15) is 14.4 Å². The van der Waals surface area contributed by atoms with Crippen LogP contribution in [0, 0.1) is 0 Å². The predicted molar refractivity (Wildman–Crippen MR) is 113 cm³/mol. The summed E-state index contributed by atoms with van der Waals surface area (Å²) in [6, 6.07) is 12.3. The van der Waals surface area contributed by atoms with E-state index < -0.39 is 11.7 Å². The van der Waals surface area contributed by atoms with E-state index in [2.05, 4.69) is 4.98 Å². The summed E-state index contributed by atoms with van der Waals surface area (Å²) in [7, 11) is 1.49. The first-order chi connectivity index (χ1) is 14.5. The van der Waals surface area contributed by atoms with Gasteiger partial charge in [-0.3, -0.25) is 14.4 Å². The number of methoxy groups -OCH3 is 1. The van der Waals surface area contributed by atoms with Crippen molar-refractivity contribution in [1.82, 2.24) is 14.8 Å². The number of benzene rings is 2. The molecule has 154 valence electrons. The number of carbonyl (C=O) groups is 3. The Kier molecular flexibility index (Phi) is 5.46. The standard InChI is InChI=1S/C22H20ClN3O4/c1-30-17-8-7-16(23)19-18(17)15(13-24-19)20(27)22(29)26-11-9-25(10-12-26)21(28)14-5-3-2-4-6-14/h2-8,13,24H,9-12H2,1H3. The molecular formula is C22H20ClN3O4. The summed E-state index contributed by atoms with van der Waals surface area (Å²) >= 11 is 6.20. The Morgan fingerprint density at radius 3 is 2.30 bits per heavy atom. The summed E-state index contributed by atoms with van der Waals surface area (Å²) < 4.78 is 5.34. The number of aromatic amines is 1. The molecule has 2 amide bonds. The minimum Gasteiger partial charge on any atom is -0.496 e. The highest BCUT2D eigenvalue weighted by Gasteiger charge is 2.31. The van der Waals surface area contributed by atoms with E-state index in [-0.39, 0.29) is 11.5 Å². The molecule has 0 spiro atoms. The number of H-pyrrole nitrogens is 1. The topological polar surface area (TPSA) is 82.7 Å². The van der Waals surface area contributed by atoms with E-state index in [1.807, 2.05) is 18.2 Å². The smallest absolute Gasteiger partial charge is 0.295 e. The van der Waals surface area contributed by atoms with E-state index in [1.165, 1.54) is 18.2 Å². The molecule has 2 heterocycles. The van der Waals surface area contributed by atoms with Crippen LogP contribution in [-0.4, -0.2) is 65.7 Å². The monoisotopic (exact) mass is 425 g/mol. The molecule has 0 bridgehead atoms. The highest BCUT2D eigenvalue weighted by atomic mass is 35.5. The van der Waals surface area contributed by atoms with E-state index >= 15 is 0 Å². The number of aromatic nitrogens is 1. The Balaban J connectivity index is 1.49. The Morgan fingerprint density at radius 1 is 0.967 bits per heavy atom. The van der Waals surface area contributed by atoms with Crippen molar-refractivity contribution in [3.8, 4) is 5.75 Å². The van der Waals surface area contributed by atoms with E-state index in [1.54, 1.807) is 29.2 Å². The lowest BCUT2D eigenvalue weighted by atomic mass is 10.1. The van der Waals surface area contributed by atoms with Crippen molar-refractivity contribution < 1.29 is 19.1 Å². The van der Waals surface area contributed by atoms with Crippen molar-refractivity contribution in [2.24, 2.45) is 0 Å². The van der Waals surface area contributed by atoms with Crippen molar-refractivity contribution in [3.63, 3.8) is 0 Å². The fourth-order valence-electron chi connectivity index (χ4n) is 3.67. The number of carbonyl (C=O) groups excluding carboxylic acids is 3. The Bertz CT molecular complexity index is 1120. The lowest BCUT2D eigenvalue weighted by molar-refractivity contribution is -0.127. The molecule has 0 unspecified atom stereocenters. The lowest BCUT2D eigenvalue weighted by Gasteiger charge is -2.34. The second-order valence-corrected chi connectivity index (χ2v) is 7.39. The van der Waals surface area contributed by atoms with Crippen molar-refractivity contribution in [3.05, 3.63) is 64.8 Å². The molecule has 0 saturated carbocycles. The first-order valence-corrected chi connectivity index (χ1v) is 9.90. The van der Waals surface area contributed by atoms with Crippen LogP contribution in [0.15, 0.2) is 48.7 Å². The molecule has 4 rings (SSSR count). The number of ketones is 1. The van der Waals surface area contributed by atoms with Crippen LogP contribution in [0.3, 0.4) is 0 Å². The van der Waals surface area contributed by atoms with Gasteiger partial charge in [-0.1, -0.05) is 29.8 Å². The van der Waals surface area contributed by atoms with Crippen LogP contribution in [0.2, 0.25) is 5.02 Å². The zero-order valence-electron chi connectivity index (χ0n) is 16.4. The van der Waals surface area contributed by atoms with Crippen LogP contribution in [0.4, 0.5) is 0 Å². The molecule has 0 radical (unpaired) electrons. The molecular weight excluding hydrogens is 406 g/mol. The molecule has 1 N–H and O–H groups in total. The van der Waals surface area contributed by atoms with Gasteiger partial charge in [0.05, 0.1) is 28.6 Å². The maximum absolute atomic E-state index is 12.9. The normalized spacial score (nSPS) is 14.1. The summed E-state index contributed by atoms with van der Waals surface area (Å²) in [6.45, 7) is 1.33. The van der Waals surface area contributed by atoms with Gasteiger partial charge < -0.3 is 19.5 Å². The molecule has 3 aromatic rings. The molecule has 1 aliphatic rings. The number of hydrogen-bond donors (Lipinski definition) is 1. The number of hydrogen-bond acceptors (Lipinski definition) is 4. The summed E-state index contributed by atoms with van der Waals surface area (Å²) in [5.74, 6) is -0.857. The number of rotatable bonds is 4. The van der Waals surface area contributed by atoms with Gasteiger partial charge in [-0.15, -0.1) is 0 Å². The van der Waals surface area contributed by atoms with Crippen molar-refractivity contribution >= 4 is 40.1 Å². The second-order valence-electron chi connectivity index (χ2n) is 6.98. The van der Waals surface area contributed by atoms with Crippen molar-refractivity contribution in [1.29, 1.82) is 0 Å². The van der Waals surface area contributed by atoms with Gasteiger partial charge in [0.25, 0.3) is 17.6 Å². The fraction of sp³-hybridized carbons (Fsp3) is 0.227. The van der Waals surface area contributed by atoms with Gasteiger partial charge in [-0.25, -0.2) is 0 Å². The zero-order chi connectivity index (χ0) is 21.3. The van der Waals surface area contributed by atoms with Crippen LogP contribution in [0.1, 0.15) is 20.7 Å². The van der Waals surface area contributed by atoms with Crippen LogP contribution in [-0.2, 0) is 4.79 Å². The van der Waals surface area contributed by atoms with Crippen LogP contribution >= 0.6 is 11.6 Å². The summed E-state index contributed by atoms with van der Waals surface area (Å²) in [6.07, 6.45) is 1.48. The Labute approximate surface area is 178 Å². The van der Waals surface area contributed by atoms with Gasteiger partial charge in [0, 0.05) is 37.9 Å². The highest BCUT2D eigenvalue weighted by molar-refractivity contribution is 6.46. The van der Waals surface area contributed by atoms with Gasteiger partial charge in [0.2, 0.25) is 0 Å². The van der Waals surface area contributed by atoms with Crippen LogP contribution in [0.25, 0.3) is 10.9 Å². The molecule has 1 fully saturated rings. The largest absolute Gasteiger partial charge is 0.496 e. The molecule has 0 aliphatic carbocycles. The van der Waals surface area contributed by atoms with Crippen molar-refractivity contribution in [2.45, 2.75) is 0 Å². The van der Waals surface area contributed by atoms with Gasteiger partial charge in [0.1, 0.15) is 5.75 Å². The number of halogens is 1. The van der Waals surface area contributed by atoms with E-state index in [4.69, 9.17) is 16.3 Å². The second kappa shape index (κ2) is 8.20. The quantitative estimate of drug-likeness (QED) is 0.514. The van der Waals surface area contributed by atoms with Crippen molar-refractivity contribution in [2.75, 3.05) is 33.3 Å². The summed E-state index contributed by atoms with van der Waals surface area (Å²) in [5.41, 5.74) is 1.37. The number of piperazine rings is 1. The number of ether oxygens (including phenoxy) is 1. The number of amides is 2. The summed E-state index contributed by atoms with van der Waals surface area (Å²) in [5, 5.41) is 0.923. The Hall–Kier alpha value is -3.32. The molecule has 0 atom stereocenters. The van der Waals surface area contributed by atoms with Gasteiger partial charge in [-0.05, 0) is 24.3 Å². The summed E-state index contributed by atoms with van der Waals surface area (Å²) in [4.78, 5) is 44.5. The van der Waals surface area contributed by atoms with Gasteiger partial charge in [-0.2, -0.15) is 0 Å². The van der Waals surface area contributed by atoms with Gasteiger partial charge >= 0.3 is 0 Å². The minimum atomic E-state index is -0.635. The zero-order valence-corrected chi connectivity index (χ0v) is 17.1. The highest BCUT2D eigenvalue weighted by Crippen LogP contribution is 2.34. The number of nitrogens with one attached hydrogen (secondary N) is 1. The molecule has 1 aliphatic heterocycles. The molecule has 8 heteroatoms. The first-order valence-electron chi connectivity index (χ1n) is 9.52.